The second-order valence-electron chi connectivity index (χ2n) is 5.07. The predicted octanol–water partition coefficient (Wildman–Crippen LogP) is 2.72. The number of fused-ring (bicyclic) bond motifs is 1. The van der Waals surface area contributed by atoms with Gasteiger partial charge in [0.1, 0.15) is 0 Å². The topological polar surface area (TPSA) is 68.0 Å². The van der Waals surface area contributed by atoms with Gasteiger partial charge in [-0.15, -0.1) is 0 Å². The molecule has 0 saturated heterocycles. The number of nitrogens with one attached hydrogen (secondary N) is 1. The number of aromatic nitrogens is 1. The van der Waals surface area contributed by atoms with Crippen LogP contribution in [0.4, 0.5) is 11.5 Å². The van der Waals surface area contributed by atoms with E-state index >= 15 is 0 Å². The highest BCUT2D eigenvalue weighted by atomic mass is 16.1. The molecule has 1 unspecified atom stereocenters. The van der Waals surface area contributed by atoms with E-state index in [1.54, 1.807) is 18.3 Å². The van der Waals surface area contributed by atoms with Crippen molar-refractivity contribution in [2.75, 3.05) is 11.1 Å². The number of anilines is 2. The third kappa shape index (κ3) is 2.37. The highest BCUT2D eigenvalue weighted by molar-refractivity contribution is 5.97. The van der Waals surface area contributed by atoms with Crippen LogP contribution in [0.2, 0.25) is 0 Å². The number of aryl methyl sites for hydroxylation is 1. The van der Waals surface area contributed by atoms with Crippen LogP contribution in [-0.2, 0) is 11.2 Å². The van der Waals surface area contributed by atoms with Crippen molar-refractivity contribution >= 4 is 17.4 Å². The van der Waals surface area contributed by atoms with Crippen LogP contribution >= 0.6 is 0 Å². The summed E-state index contributed by atoms with van der Waals surface area (Å²) in [6.45, 7) is 0. The Balaban J connectivity index is 1.84. The Kier molecular flexibility index (Phi) is 3.37. The lowest BCUT2D eigenvalue weighted by Gasteiger charge is -2.24. The molecule has 0 bridgehead atoms. The van der Waals surface area contributed by atoms with E-state index in [1.165, 1.54) is 5.56 Å². The summed E-state index contributed by atoms with van der Waals surface area (Å²) in [7, 11) is 0. The molecule has 1 amide bonds. The summed E-state index contributed by atoms with van der Waals surface area (Å²) in [4.78, 5) is 16.6. The summed E-state index contributed by atoms with van der Waals surface area (Å²) in [5.41, 5.74) is 8.71. The van der Waals surface area contributed by atoms with E-state index in [0.717, 1.165) is 24.8 Å². The number of nitrogens with two attached hydrogens (primary N) is 1. The average Bonchev–Trinajstić information content (AvgIpc) is 2.49. The van der Waals surface area contributed by atoms with Gasteiger partial charge < -0.3 is 11.1 Å². The molecule has 102 valence electrons. The van der Waals surface area contributed by atoms with Crippen LogP contribution in [0.5, 0.6) is 0 Å². The van der Waals surface area contributed by atoms with E-state index in [9.17, 15) is 4.79 Å². The maximum Gasteiger partial charge on any atom is 0.233 e. The summed E-state index contributed by atoms with van der Waals surface area (Å²) >= 11 is 0. The number of benzene rings is 1. The SMILES string of the molecule is Nc1cccnc1NC(=O)C1CCCc2ccccc21. The van der Waals surface area contributed by atoms with Gasteiger partial charge in [-0.25, -0.2) is 4.98 Å². The predicted molar refractivity (Wildman–Crippen MR) is 79.4 cm³/mol. The molecular formula is C16H17N3O. The molecule has 1 aliphatic carbocycles. The number of nitrogens with zero attached hydrogens (tertiary/aromatic N) is 1. The maximum absolute atomic E-state index is 12.5. The van der Waals surface area contributed by atoms with Crippen molar-refractivity contribution in [2.24, 2.45) is 0 Å². The fraction of sp³-hybridized carbons (Fsp3) is 0.250. The molecule has 3 rings (SSSR count). The van der Waals surface area contributed by atoms with Gasteiger partial charge in [-0.3, -0.25) is 4.79 Å². The molecule has 1 aliphatic rings. The number of nitrogen functional groups attached to an aromatic ring is 1. The first-order valence-corrected chi connectivity index (χ1v) is 6.85. The minimum absolute atomic E-state index is 0.0254. The van der Waals surface area contributed by atoms with Crippen molar-refractivity contribution < 1.29 is 4.79 Å². The maximum atomic E-state index is 12.5. The monoisotopic (exact) mass is 267 g/mol. The third-order valence-electron chi connectivity index (χ3n) is 3.77. The lowest BCUT2D eigenvalue weighted by Crippen LogP contribution is -2.25. The molecule has 0 radical (unpaired) electrons. The first-order valence-electron chi connectivity index (χ1n) is 6.85. The Morgan fingerprint density at radius 1 is 1.25 bits per heavy atom. The van der Waals surface area contributed by atoms with Crippen LogP contribution in [0.3, 0.4) is 0 Å². The molecule has 0 saturated carbocycles. The molecule has 1 heterocycles. The number of carbonyl (C=O) groups excluding carboxylic acids is 1. The van der Waals surface area contributed by atoms with Crippen LogP contribution in [0.25, 0.3) is 0 Å². The molecule has 20 heavy (non-hydrogen) atoms. The Bertz CT molecular complexity index is 639. The van der Waals surface area contributed by atoms with Crippen molar-refractivity contribution in [2.45, 2.75) is 25.2 Å². The summed E-state index contributed by atoms with van der Waals surface area (Å²) in [5.74, 6) is 0.310. The molecule has 4 nitrogen and oxygen atoms in total. The van der Waals surface area contributed by atoms with Gasteiger partial charge in [-0.05, 0) is 42.5 Å². The van der Waals surface area contributed by atoms with Gasteiger partial charge >= 0.3 is 0 Å². The third-order valence-corrected chi connectivity index (χ3v) is 3.77. The van der Waals surface area contributed by atoms with Gasteiger partial charge in [0.05, 0.1) is 11.6 Å². The fourth-order valence-corrected chi connectivity index (χ4v) is 2.75. The van der Waals surface area contributed by atoms with Gasteiger partial charge in [-0.1, -0.05) is 24.3 Å². The van der Waals surface area contributed by atoms with Crippen LogP contribution < -0.4 is 11.1 Å². The highest BCUT2D eigenvalue weighted by Crippen LogP contribution is 2.32. The number of rotatable bonds is 2. The smallest absolute Gasteiger partial charge is 0.233 e. The average molecular weight is 267 g/mol. The van der Waals surface area contributed by atoms with E-state index in [4.69, 9.17) is 5.73 Å². The zero-order valence-electron chi connectivity index (χ0n) is 11.2. The van der Waals surface area contributed by atoms with Crippen molar-refractivity contribution in [1.29, 1.82) is 0 Å². The van der Waals surface area contributed by atoms with E-state index < -0.39 is 0 Å². The van der Waals surface area contributed by atoms with E-state index in [0.29, 0.717) is 11.5 Å². The van der Waals surface area contributed by atoms with Gasteiger partial charge in [-0.2, -0.15) is 0 Å². The standard InChI is InChI=1S/C16H17N3O/c17-14-9-4-10-18-15(14)19-16(20)13-8-3-6-11-5-1-2-7-12(11)13/h1-2,4-5,7,9-10,13H,3,6,8,17H2,(H,18,19,20). The fourth-order valence-electron chi connectivity index (χ4n) is 2.75. The Morgan fingerprint density at radius 3 is 2.95 bits per heavy atom. The van der Waals surface area contributed by atoms with Crippen molar-refractivity contribution in [1.82, 2.24) is 4.98 Å². The minimum Gasteiger partial charge on any atom is -0.396 e. The molecule has 3 N–H and O–H groups in total. The zero-order chi connectivity index (χ0) is 13.9. The first kappa shape index (κ1) is 12.7. The molecule has 0 spiro atoms. The summed E-state index contributed by atoms with van der Waals surface area (Å²) in [5, 5.41) is 2.85. The molecular weight excluding hydrogens is 250 g/mol. The van der Waals surface area contributed by atoms with Gasteiger partial charge in [0.25, 0.3) is 0 Å². The molecule has 0 fully saturated rings. The Morgan fingerprint density at radius 2 is 2.10 bits per heavy atom. The number of hydrogen-bond donors (Lipinski definition) is 2. The van der Waals surface area contributed by atoms with Gasteiger partial charge in [0.2, 0.25) is 5.91 Å². The number of carbonyl (C=O) groups is 1. The van der Waals surface area contributed by atoms with Crippen molar-refractivity contribution in [3.05, 3.63) is 53.7 Å². The summed E-state index contributed by atoms with van der Waals surface area (Å²) in [6.07, 6.45) is 4.58. The Hall–Kier alpha value is -2.36. The quantitative estimate of drug-likeness (QED) is 0.879. The lowest BCUT2D eigenvalue weighted by atomic mass is 9.82. The Labute approximate surface area is 118 Å². The second-order valence-corrected chi connectivity index (χ2v) is 5.07. The molecule has 1 aromatic heterocycles. The normalized spacial score (nSPS) is 17.3. The lowest BCUT2D eigenvalue weighted by molar-refractivity contribution is -0.117. The molecule has 4 heteroatoms. The van der Waals surface area contributed by atoms with Gasteiger partial charge in [0.15, 0.2) is 5.82 Å². The van der Waals surface area contributed by atoms with E-state index in [-0.39, 0.29) is 11.8 Å². The first-order chi connectivity index (χ1) is 9.75. The second kappa shape index (κ2) is 5.33. The minimum atomic E-state index is -0.110. The van der Waals surface area contributed by atoms with Crippen LogP contribution in [0.15, 0.2) is 42.6 Å². The molecule has 1 aromatic carbocycles. The van der Waals surface area contributed by atoms with E-state index in [1.807, 2.05) is 18.2 Å². The van der Waals surface area contributed by atoms with Gasteiger partial charge in [0, 0.05) is 6.20 Å². The molecule has 0 aliphatic heterocycles. The highest BCUT2D eigenvalue weighted by Gasteiger charge is 2.26. The van der Waals surface area contributed by atoms with Crippen LogP contribution in [0.1, 0.15) is 29.9 Å². The summed E-state index contributed by atoms with van der Waals surface area (Å²) in [6, 6.07) is 11.6. The van der Waals surface area contributed by atoms with Crippen LogP contribution in [0, 0.1) is 0 Å². The van der Waals surface area contributed by atoms with Crippen LogP contribution in [-0.4, -0.2) is 10.9 Å². The molecule has 2 aromatic rings. The van der Waals surface area contributed by atoms with Crippen molar-refractivity contribution in [3.8, 4) is 0 Å². The van der Waals surface area contributed by atoms with Crippen molar-refractivity contribution in [3.63, 3.8) is 0 Å². The number of pyridine rings is 1. The molecule has 1 atom stereocenters. The number of amides is 1. The zero-order valence-corrected chi connectivity index (χ0v) is 11.2. The van der Waals surface area contributed by atoms with E-state index in [2.05, 4.69) is 16.4 Å². The summed E-state index contributed by atoms with van der Waals surface area (Å²) < 4.78 is 0. The number of hydrogen-bond acceptors (Lipinski definition) is 3. The largest absolute Gasteiger partial charge is 0.396 e.